The summed E-state index contributed by atoms with van der Waals surface area (Å²) in [6.45, 7) is 4.52. The molecule has 2 fully saturated rings. The van der Waals surface area contributed by atoms with Gasteiger partial charge in [-0.05, 0) is 19.3 Å². The first-order chi connectivity index (χ1) is 22.8. The summed E-state index contributed by atoms with van der Waals surface area (Å²) < 4.78 is 17.4. The molecule has 0 aromatic heterocycles. The predicted molar refractivity (Wildman–Crippen MR) is 189 cm³/mol. The standard InChI is InChI=1S/C40H72O7/c1-3-5-7-9-11-13-15-17-19-21-23-25-27-29-31-35-40(46-37(42)34-39(44,38(43)47-40)33-36(41)45-35)32-30-28-26-24-22-20-18-16-14-12-10-8-6-4-2/h35,44H,3-34H2,1-2H3. The van der Waals surface area contributed by atoms with Gasteiger partial charge in [-0.15, -0.1) is 0 Å². The van der Waals surface area contributed by atoms with Crippen molar-refractivity contribution >= 4 is 17.9 Å². The van der Waals surface area contributed by atoms with E-state index in [1.807, 2.05) is 0 Å². The van der Waals surface area contributed by atoms with Gasteiger partial charge in [0.2, 0.25) is 0 Å². The average Bonchev–Trinajstić information content (AvgIpc) is 3.10. The van der Waals surface area contributed by atoms with Gasteiger partial charge in [0.05, 0.1) is 12.8 Å². The van der Waals surface area contributed by atoms with Gasteiger partial charge in [-0.1, -0.05) is 181 Å². The maximum absolute atomic E-state index is 13.0. The van der Waals surface area contributed by atoms with E-state index in [0.717, 1.165) is 38.5 Å². The highest BCUT2D eigenvalue weighted by atomic mass is 16.8. The number of aliphatic hydroxyl groups is 1. The number of rotatable bonds is 30. The maximum Gasteiger partial charge on any atom is 0.342 e. The number of unbranched alkanes of at least 4 members (excludes halogenated alkanes) is 26. The summed E-state index contributed by atoms with van der Waals surface area (Å²) in [6.07, 6.45) is 33.1. The van der Waals surface area contributed by atoms with Crippen molar-refractivity contribution in [3.05, 3.63) is 0 Å². The Balaban J connectivity index is 1.72. The van der Waals surface area contributed by atoms with Gasteiger partial charge >= 0.3 is 17.9 Å². The Bertz CT molecular complexity index is 840. The molecule has 3 unspecified atom stereocenters. The van der Waals surface area contributed by atoms with E-state index in [9.17, 15) is 19.5 Å². The lowest BCUT2D eigenvalue weighted by molar-refractivity contribution is -0.273. The molecule has 47 heavy (non-hydrogen) atoms. The molecule has 0 aromatic carbocycles. The number of carbonyl (C=O) groups excluding carboxylic acids is 3. The van der Waals surface area contributed by atoms with E-state index in [1.165, 1.54) is 135 Å². The molecular formula is C40H72O7. The molecule has 0 radical (unpaired) electrons. The van der Waals surface area contributed by atoms with Crippen LogP contribution in [0.25, 0.3) is 0 Å². The Hall–Kier alpha value is -1.63. The van der Waals surface area contributed by atoms with Crippen molar-refractivity contribution in [2.45, 2.75) is 237 Å². The Labute approximate surface area is 288 Å². The van der Waals surface area contributed by atoms with E-state index in [1.54, 1.807) is 0 Å². The fourth-order valence-corrected chi connectivity index (χ4v) is 7.24. The van der Waals surface area contributed by atoms with Crippen LogP contribution in [0.15, 0.2) is 0 Å². The van der Waals surface area contributed by atoms with Gasteiger partial charge < -0.3 is 19.3 Å². The molecular weight excluding hydrogens is 592 g/mol. The number of carbonyl (C=O) groups is 3. The first-order valence-corrected chi connectivity index (χ1v) is 20.2. The number of ether oxygens (including phenoxy) is 3. The Kier molecular flexibility index (Phi) is 22.4. The van der Waals surface area contributed by atoms with Crippen LogP contribution in [0, 0.1) is 0 Å². The highest BCUT2D eigenvalue weighted by molar-refractivity contribution is 5.92. The third-order valence-corrected chi connectivity index (χ3v) is 10.3. The SMILES string of the molecule is CCCCCCCCCCCCCCCCC1OC(=O)CC2(O)CC(=O)OC1(CCCCCCCCCCCCCCCC)OC2=O. The molecule has 2 saturated heterocycles. The summed E-state index contributed by atoms with van der Waals surface area (Å²) in [5, 5.41) is 10.8. The van der Waals surface area contributed by atoms with Crippen molar-refractivity contribution in [1.82, 2.24) is 0 Å². The van der Waals surface area contributed by atoms with Crippen LogP contribution in [0.3, 0.4) is 0 Å². The Morgan fingerprint density at radius 1 is 0.511 bits per heavy atom. The number of hydrogen-bond acceptors (Lipinski definition) is 7. The van der Waals surface area contributed by atoms with Gasteiger partial charge in [0.1, 0.15) is 0 Å². The van der Waals surface area contributed by atoms with Gasteiger partial charge in [-0.25, -0.2) is 4.79 Å². The summed E-state index contributed by atoms with van der Waals surface area (Å²) in [5.74, 6) is -4.00. The van der Waals surface area contributed by atoms with Crippen LogP contribution in [0.1, 0.15) is 219 Å². The smallest absolute Gasteiger partial charge is 0.342 e. The molecule has 0 aliphatic carbocycles. The minimum Gasteiger partial charge on any atom is -0.454 e. The second-order valence-electron chi connectivity index (χ2n) is 14.8. The van der Waals surface area contributed by atoms with Crippen LogP contribution < -0.4 is 0 Å². The molecule has 274 valence electrons. The van der Waals surface area contributed by atoms with Gasteiger partial charge in [0.25, 0.3) is 5.79 Å². The molecule has 0 spiro atoms. The van der Waals surface area contributed by atoms with Crippen LogP contribution in [0.2, 0.25) is 0 Å². The highest BCUT2D eigenvalue weighted by Crippen LogP contribution is 2.40. The van der Waals surface area contributed by atoms with Gasteiger partial charge in [-0.2, -0.15) is 0 Å². The van der Waals surface area contributed by atoms with Gasteiger partial charge in [-0.3, -0.25) is 9.59 Å². The molecule has 2 aliphatic rings. The molecule has 2 heterocycles. The molecule has 0 saturated carbocycles. The summed E-state index contributed by atoms with van der Waals surface area (Å²) in [6, 6.07) is 0. The van der Waals surface area contributed by atoms with Gasteiger partial charge in [0.15, 0.2) is 11.7 Å². The zero-order chi connectivity index (χ0) is 34.1. The summed E-state index contributed by atoms with van der Waals surface area (Å²) in [5.41, 5.74) is -2.23. The molecule has 3 atom stereocenters. The molecule has 2 aliphatic heterocycles. The Morgan fingerprint density at radius 3 is 1.30 bits per heavy atom. The van der Waals surface area contributed by atoms with Crippen LogP contribution >= 0.6 is 0 Å². The largest absolute Gasteiger partial charge is 0.454 e. The van der Waals surface area contributed by atoms with E-state index in [0.29, 0.717) is 12.8 Å². The summed E-state index contributed by atoms with van der Waals surface area (Å²) >= 11 is 0. The fraction of sp³-hybridized carbons (Fsp3) is 0.925. The molecule has 0 aromatic rings. The Morgan fingerprint density at radius 2 is 0.872 bits per heavy atom. The first kappa shape index (κ1) is 41.5. The highest BCUT2D eigenvalue weighted by Gasteiger charge is 2.58. The third kappa shape index (κ3) is 17.5. The van der Waals surface area contributed by atoms with Crippen molar-refractivity contribution in [3.8, 4) is 0 Å². The monoisotopic (exact) mass is 665 g/mol. The summed E-state index contributed by atoms with van der Waals surface area (Å²) in [7, 11) is 0. The molecule has 1 N–H and O–H groups in total. The van der Waals surface area contributed by atoms with E-state index in [4.69, 9.17) is 14.2 Å². The van der Waals surface area contributed by atoms with Crippen molar-refractivity contribution < 1.29 is 33.7 Å². The predicted octanol–water partition coefficient (Wildman–Crippen LogP) is 11.0. The lowest BCUT2D eigenvalue weighted by Crippen LogP contribution is -2.55. The second kappa shape index (κ2) is 25.4. The van der Waals surface area contributed by atoms with E-state index < -0.39 is 48.2 Å². The summed E-state index contributed by atoms with van der Waals surface area (Å²) in [4.78, 5) is 38.7. The lowest BCUT2D eigenvalue weighted by Gasteiger charge is -2.39. The van der Waals surface area contributed by atoms with E-state index in [2.05, 4.69) is 13.8 Å². The fourth-order valence-electron chi connectivity index (χ4n) is 7.24. The minimum absolute atomic E-state index is 0.273. The quantitative estimate of drug-likeness (QED) is 0.0602. The first-order valence-electron chi connectivity index (χ1n) is 20.2. The van der Waals surface area contributed by atoms with Crippen LogP contribution in [0.4, 0.5) is 0 Å². The molecule has 2 rings (SSSR count). The normalized spacial score (nSPS) is 22.8. The average molecular weight is 665 g/mol. The second-order valence-corrected chi connectivity index (χ2v) is 14.8. The molecule has 0 amide bonds. The zero-order valence-corrected chi connectivity index (χ0v) is 30.6. The zero-order valence-electron chi connectivity index (χ0n) is 30.6. The number of fused-ring (bicyclic) bond motifs is 3. The van der Waals surface area contributed by atoms with Crippen LogP contribution in [-0.2, 0) is 28.6 Å². The number of esters is 3. The third-order valence-electron chi connectivity index (χ3n) is 10.3. The van der Waals surface area contributed by atoms with E-state index in [-0.39, 0.29) is 6.42 Å². The minimum atomic E-state index is -2.23. The van der Waals surface area contributed by atoms with Gasteiger partial charge in [0, 0.05) is 6.42 Å². The van der Waals surface area contributed by atoms with E-state index >= 15 is 0 Å². The van der Waals surface area contributed by atoms with Crippen LogP contribution in [-0.4, -0.2) is 40.5 Å². The number of hydrogen-bond donors (Lipinski definition) is 1. The van der Waals surface area contributed by atoms with Crippen LogP contribution in [0.5, 0.6) is 0 Å². The van der Waals surface area contributed by atoms with Crippen molar-refractivity contribution in [1.29, 1.82) is 0 Å². The molecule has 7 heteroatoms. The maximum atomic E-state index is 13.0. The van der Waals surface area contributed by atoms with Crippen molar-refractivity contribution in [3.63, 3.8) is 0 Å². The van der Waals surface area contributed by atoms with Crippen molar-refractivity contribution in [2.75, 3.05) is 0 Å². The van der Waals surface area contributed by atoms with Crippen molar-refractivity contribution in [2.24, 2.45) is 0 Å². The lowest BCUT2D eigenvalue weighted by atomic mass is 9.93. The molecule has 7 nitrogen and oxygen atoms in total. The number of cyclic esters (lactones) is 1. The topological polar surface area (TPSA) is 99.1 Å². The molecule has 2 bridgehead atoms.